The summed E-state index contributed by atoms with van der Waals surface area (Å²) >= 11 is 9.29. The lowest BCUT2D eigenvalue weighted by molar-refractivity contribution is 0.481. The molecule has 0 amide bonds. The maximum absolute atomic E-state index is 12.5. The summed E-state index contributed by atoms with van der Waals surface area (Å²) in [6, 6.07) is 11.5. The van der Waals surface area contributed by atoms with Gasteiger partial charge in [0.1, 0.15) is 11.5 Å². The van der Waals surface area contributed by atoms with Crippen LogP contribution < -0.4 is 37.9 Å². The number of benzene rings is 2. The van der Waals surface area contributed by atoms with Gasteiger partial charge in [-0.25, -0.2) is 16.8 Å². The summed E-state index contributed by atoms with van der Waals surface area (Å²) in [4.78, 5) is 0.0897. The lowest BCUT2D eigenvalue weighted by Crippen LogP contribution is -2.39. The molecule has 0 radical (unpaired) electrons. The minimum Gasteiger partial charge on any atom is -0.457 e. The highest BCUT2D eigenvalue weighted by atomic mass is 32.2. The minimum absolute atomic E-state index is 0.0317. The van der Waals surface area contributed by atoms with Crippen molar-refractivity contribution in [2.24, 2.45) is 11.5 Å². The number of rotatable bonds is 10. The van der Waals surface area contributed by atoms with Crippen LogP contribution in [0.5, 0.6) is 11.5 Å². The predicted octanol–water partition coefficient (Wildman–Crippen LogP) is 1.42. The quantitative estimate of drug-likeness (QED) is 0.183. The van der Waals surface area contributed by atoms with Crippen LogP contribution in [-0.4, -0.2) is 27.1 Å². The van der Waals surface area contributed by atoms with Crippen molar-refractivity contribution in [3.63, 3.8) is 0 Å². The average Bonchev–Trinajstić information content (AvgIpc) is 2.76. The van der Waals surface area contributed by atoms with Crippen LogP contribution in [0.15, 0.2) is 80.5 Å². The number of hydrogen-bond donors (Lipinski definition) is 6. The Morgan fingerprint density at radius 1 is 0.686 bits per heavy atom. The molecule has 0 heterocycles. The number of ether oxygens (including phenoxy) is 1. The molecule has 0 saturated carbocycles. The van der Waals surface area contributed by atoms with Crippen molar-refractivity contribution in [1.29, 1.82) is 0 Å². The molecule has 0 aromatic heterocycles. The highest BCUT2D eigenvalue weighted by molar-refractivity contribution is 7.94. The van der Waals surface area contributed by atoms with Gasteiger partial charge in [0.2, 0.25) is 19.7 Å². The summed E-state index contributed by atoms with van der Waals surface area (Å²) in [6.45, 7) is 3.06. The fourth-order valence-corrected chi connectivity index (χ4v) is 4.97. The van der Waals surface area contributed by atoms with Crippen molar-refractivity contribution >= 4 is 54.3 Å². The van der Waals surface area contributed by atoms with E-state index in [4.69, 9.17) is 16.2 Å². The third kappa shape index (κ3) is 9.05. The van der Waals surface area contributed by atoms with E-state index < -0.39 is 19.7 Å². The molecule has 8 N–H and O–H groups in total. The number of hydrogen-bond acceptors (Lipinski definition) is 9. The average molecular weight is 557 g/mol. The van der Waals surface area contributed by atoms with Gasteiger partial charge in [-0.3, -0.25) is 10.9 Å². The smallest absolute Gasteiger partial charge is 0.201 e. The summed E-state index contributed by atoms with van der Waals surface area (Å²) in [6.07, 6.45) is 0. The first-order valence-electron chi connectivity index (χ1n) is 9.66. The molecule has 0 fully saturated rings. The molecule has 0 aliphatic rings. The predicted molar refractivity (Wildman–Crippen MR) is 141 cm³/mol. The highest BCUT2D eigenvalue weighted by Gasteiger charge is 2.14. The van der Waals surface area contributed by atoms with E-state index in [1.54, 1.807) is 0 Å². The molecule has 15 heteroatoms. The Labute approximate surface area is 214 Å². The second-order valence-electron chi connectivity index (χ2n) is 6.97. The maximum atomic E-state index is 12.5. The molecular formula is C20H24N6O5S4. The molecule has 0 aliphatic carbocycles. The first-order valence-corrected chi connectivity index (χ1v) is 13.6. The van der Waals surface area contributed by atoms with Gasteiger partial charge < -0.3 is 27.1 Å². The van der Waals surface area contributed by atoms with Crippen molar-refractivity contribution in [2.45, 2.75) is 23.6 Å². The Kier molecular flexibility index (Phi) is 9.41. The van der Waals surface area contributed by atoms with E-state index in [2.05, 4.69) is 46.1 Å². The molecule has 2 aromatic rings. The van der Waals surface area contributed by atoms with Gasteiger partial charge in [0.15, 0.2) is 10.2 Å². The van der Waals surface area contributed by atoms with Crippen molar-refractivity contribution in [1.82, 2.24) is 21.7 Å². The van der Waals surface area contributed by atoms with Crippen molar-refractivity contribution in [3.8, 4) is 11.5 Å². The van der Waals surface area contributed by atoms with E-state index in [1.165, 1.54) is 62.4 Å². The molecule has 0 unspecified atom stereocenters. The molecule has 35 heavy (non-hydrogen) atoms. The standard InChI is InChI=1S/C20H24N6O5S4/c1-13(23-25-19(21)32)11-34(27,28)17-7-3-15(4-8-17)31-16-5-9-18(10-6-16)35(29,30)12-14(2)24-26-20(22)33/h3-12,23-24H,1-2H3,(H3,21,25,32)(H3,22,26,33). The Morgan fingerprint density at radius 3 is 1.29 bits per heavy atom. The first kappa shape index (κ1) is 27.8. The third-order valence-corrected chi connectivity index (χ3v) is 7.36. The van der Waals surface area contributed by atoms with Crippen LogP contribution in [-0.2, 0) is 19.7 Å². The number of nitrogens with one attached hydrogen (secondary N) is 4. The van der Waals surface area contributed by atoms with Gasteiger partial charge in [-0.1, -0.05) is 0 Å². The van der Waals surface area contributed by atoms with Gasteiger partial charge in [0, 0.05) is 11.4 Å². The maximum Gasteiger partial charge on any atom is 0.201 e. The largest absolute Gasteiger partial charge is 0.457 e. The van der Waals surface area contributed by atoms with Gasteiger partial charge in [-0.2, -0.15) is 0 Å². The van der Waals surface area contributed by atoms with Gasteiger partial charge in [0.25, 0.3) is 0 Å². The molecule has 0 bridgehead atoms. The zero-order valence-electron chi connectivity index (χ0n) is 18.6. The summed E-state index contributed by atoms with van der Waals surface area (Å²) in [5.74, 6) is 0.717. The first-order chi connectivity index (χ1) is 16.3. The van der Waals surface area contributed by atoms with Gasteiger partial charge >= 0.3 is 0 Å². The minimum atomic E-state index is -3.74. The Bertz CT molecular complexity index is 1250. The van der Waals surface area contributed by atoms with E-state index in [9.17, 15) is 16.8 Å². The van der Waals surface area contributed by atoms with Crippen LogP contribution in [0.25, 0.3) is 0 Å². The van der Waals surface area contributed by atoms with E-state index in [0.717, 1.165) is 10.8 Å². The lowest BCUT2D eigenvalue weighted by atomic mass is 10.3. The normalized spacial score (nSPS) is 12.4. The molecule has 2 aromatic carbocycles. The second kappa shape index (κ2) is 11.8. The van der Waals surface area contributed by atoms with E-state index in [0.29, 0.717) is 11.5 Å². The summed E-state index contributed by atoms with van der Waals surface area (Å²) in [7, 11) is -7.48. The van der Waals surface area contributed by atoms with Gasteiger partial charge in [-0.05, 0) is 86.8 Å². The zero-order valence-corrected chi connectivity index (χ0v) is 21.9. The highest BCUT2D eigenvalue weighted by Crippen LogP contribution is 2.25. The van der Waals surface area contributed by atoms with Crippen molar-refractivity contribution in [3.05, 3.63) is 70.7 Å². The number of nitrogens with two attached hydrogens (primary N) is 2. The molecular weight excluding hydrogens is 533 g/mol. The van der Waals surface area contributed by atoms with Crippen LogP contribution in [0.2, 0.25) is 0 Å². The fraction of sp³-hybridized carbons (Fsp3) is 0.100. The molecule has 0 saturated heterocycles. The van der Waals surface area contributed by atoms with Crippen molar-refractivity contribution in [2.75, 3.05) is 0 Å². The zero-order chi connectivity index (χ0) is 26.2. The fourth-order valence-electron chi connectivity index (χ4n) is 2.51. The summed E-state index contributed by atoms with van der Waals surface area (Å²) in [5, 5.41) is 1.99. The van der Waals surface area contributed by atoms with Crippen LogP contribution in [0.1, 0.15) is 13.8 Å². The van der Waals surface area contributed by atoms with E-state index in [-0.39, 0.29) is 31.4 Å². The van der Waals surface area contributed by atoms with E-state index >= 15 is 0 Å². The van der Waals surface area contributed by atoms with E-state index in [1.807, 2.05) is 0 Å². The topological polar surface area (TPSA) is 178 Å². The third-order valence-electron chi connectivity index (χ3n) is 3.97. The number of hydrazine groups is 2. The summed E-state index contributed by atoms with van der Waals surface area (Å²) < 4.78 is 55.7. The molecule has 0 spiro atoms. The lowest BCUT2D eigenvalue weighted by Gasteiger charge is -2.10. The number of sulfone groups is 2. The van der Waals surface area contributed by atoms with Crippen LogP contribution in [0, 0.1) is 0 Å². The Balaban J connectivity index is 2.09. The van der Waals surface area contributed by atoms with Gasteiger partial charge in [0.05, 0.1) is 20.6 Å². The molecule has 188 valence electrons. The van der Waals surface area contributed by atoms with Gasteiger partial charge in [-0.15, -0.1) is 0 Å². The SMILES string of the molecule is CC(=CS(=O)(=O)c1ccc(Oc2ccc(S(=O)(=O)C=C(C)NNC(N)=S)cc2)cc1)NNC(N)=S. The molecule has 0 aliphatic heterocycles. The molecule has 11 nitrogen and oxygen atoms in total. The number of allylic oxidation sites excluding steroid dienone is 2. The molecule has 2 rings (SSSR count). The summed E-state index contributed by atoms with van der Waals surface area (Å²) in [5.41, 5.74) is 21.2. The molecule has 0 atom stereocenters. The Hall–Kier alpha value is -3.40. The van der Waals surface area contributed by atoms with Crippen LogP contribution in [0.3, 0.4) is 0 Å². The van der Waals surface area contributed by atoms with Crippen LogP contribution >= 0.6 is 24.4 Å². The Morgan fingerprint density at radius 2 is 1.00 bits per heavy atom. The second-order valence-corrected chi connectivity index (χ2v) is 11.4. The number of thiocarbonyl (C=S) groups is 2. The van der Waals surface area contributed by atoms with Crippen LogP contribution in [0.4, 0.5) is 0 Å². The monoisotopic (exact) mass is 556 g/mol. The van der Waals surface area contributed by atoms with Crippen molar-refractivity contribution < 1.29 is 21.6 Å².